The number of halogens is 4. The summed E-state index contributed by atoms with van der Waals surface area (Å²) in [5.41, 5.74) is 2.98. The number of rotatable bonds is 7. The first kappa shape index (κ1) is 32.1. The SMILES string of the molecule is COC(=O)C1CCC(c2ccc(Cl)c(-c3cnc(N4CCC4)nc3CN3C(=O)O[C@H](c4cc(C)cc(C(F)(F)F)c4)[C@@H]3C)c2)CC1. The Kier molecular flexibility index (Phi) is 8.89. The molecule has 12 heteroatoms. The molecule has 0 bridgehead atoms. The normalized spacial score (nSPS) is 23.2. The van der Waals surface area contributed by atoms with Gasteiger partial charge in [0.25, 0.3) is 0 Å². The number of anilines is 1. The van der Waals surface area contributed by atoms with Crippen molar-refractivity contribution in [3.63, 3.8) is 0 Å². The number of carbonyl (C=O) groups is 2. The summed E-state index contributed by atoms with van der Waals surface area (Å²) in [6.07, 6.45) is -0.118. The van der Waals surface area contributed by atoms with Crippen molar-refractivity contribution >= 4 is 29.6 Å². The number of cyclic esters (lactones) is 1. The quantitative estimate of drug-likeness (QED) is 0.239. The van der Waals surface area contributed by atoms with Gasteiger partial charge in [-0.2, -0.15) is 13.2 Å². The monoisotopic (exact) mass is 656 g/mol. The molecule has 1 aromatic heterocycles. The lowest BCUT2D eigenvalue weighted by Crippen LogP contribution is -2.39. The molecule has 1 saturated carbocycles. The van der Waals surface area contributed by atoms with Gasteiger partial charge < -0.3 is 14.4 Å². The van der Waals surface area contributed by atoms with E-state index in [0.717, 1.165) is 68.5 Å². The van der Waals surface area contributed by atoms with Crippen molar-refractivity contribution in [2.45, 2.75) is 76.7 Å². The minimum atomic E-state index is -4.52. The maximum atomic E-state index is 13.6. The molecular weight excluding hydrogens is 621 g/mol. The largest absolute Gasteiger partial charge is 0.469 e. The van der Waals surface area contributed by atoms with Crippen LogP contribution in [0.3, 0.4) is 0 Å². The molecule has 2 atom stereocenters. The number of amides is 1. The second kappa shape index (κ2) is 12.7. The third-order valence-corrected chi connectivity index (χ3v) is 9.80. The summed E-state index contributed by atoms with van der Waals surface area (Å²) in [7, 11) is 1.42. The Morgan fingerprint density at radius 2 is 1.80 bits per heavy atom. The molecule has 3 aromatic rings. The number of aryl methyl sites for hydroxylation is 1. The number of benzene rings is 2. The van der Waals surface area contributed by atoms with E-state index in [1.54, 1.807) is 26.1 Å². The van der Waals surface area contributed by atoms with Crippen LogP contribution >= 0.6 is 11.6 Å². The predicted octanol–water partition coefficient (Wildman–Crippen LogP) is 7.86. The highest BCUT2D eigenvalue weighted by Gasteiger charge is 2.42. The van der Waals surface area contributed by atoms with Crippen LogP contribution in [-0.2, 0) is 27.0 Å². The molecule has 2 aromatic carbocycles. The number of aromatic nitrogens is 2. The minimum Gasteiger partial charge on any atom is -0.469 e. The van der Waals surface area contributed by atoms with Crippen molar-refractivity contribution in [3.8, 4) is 11.1 Å². The van der Waals surface area contributed by atoms with Gasteiger partial charge >= 0.3 is 18.2 Å². The molecule has 0 spiro atoms. The van der Waals surface area contributed by atoms with E-state index in [1.165, 1.54) is 12.0 Å². The molecule has 1 aliphatic carbocycles. The molecular formula is C34H36ClF3N4O4. The van der Waals surface area contributed by atoms with E-state index < -0.39 is 30.0 Å². The first-order valence-electron chi connectivity index (χ1n) is 15.6. The Morgan fingerprint density at radius 3 is 2.46 bits per heavy atom. The van der Waals surface area contributed by atoms with Crippen LogP contribution in [0, 0.1) is 12.8 Å². The van der Waals surface area contributed by atoms with Gasteiger partial charge in [0.2, 0.25) is 5.95 Å². The molecule has 8 nitrogen and oxygen atoms in total. The van der Waals surface area contributed by atoms with Crippen molar-refractivity contribution in [1.29, 1.82) is 0 Å². The van der Waals surface area contributed by atoms with Gasteiger partial charge in [0.15, 0.2) is 0 Å². The van der Waals surface area contributed by atoms with Crippen LogP contribution in [0.5, 0.6) is 0 Å². The predicted molar refractivity (Wildman–Crippen MR) is 166 cm³/mol. The van der Waals surface area contributed by atoms with Crippen LogP contribution in [0.2, 0.25) is 5.02 Å². The first-order chi connectivity index (χ1) is 21.9. The number of hydrogen-bond donors (Lipinski definition) is 0. The zero-order chi connectivity index (χ0) is 32.7. The van der Waals surface area contributed by atoms with Crippen LogP contribution in [0.15, 0.2) is 42.6 Å². The molecule has 0 radical (unpaired) electrons. The van der Waals surface area contributed by atoms with Crippen LogP contribution in [-0.4, -0.2) is 53.2 Å². The lowest BCUT2D eigenvalue weighted by atomic mass is 9.78. The van der Waals surface area contributed by atoms with Crippen LogP contribution in [0.1, 0.15) is 79.0 Å². The van der Waals surface area contributed by atoms with Gasteiger partial charge in [-0.15, -0.1) is 0 Å². The summed E-state index contributed by atoms with van der Waals surface area (Å²) in [6.45, 7) is 5.05. The Morgan fingerprint density at radius 1 is 1.07 bits per heavy atom. The van der Waals surface area contributed by atoms with Crippen LogP contribution in [0.25, 0.3) is 11.1 Å². The van der Waals surface area contributed by atoms with E-state index in [0.29, 0.717) is 27.8 Å². The fraction of sp³-hybridized carbons (Fsp3) is 0.471. The standard InChI is InChI=1S/C34H36ClF3N4O4/c1-19-13-24(15-25(14-19)34(36,37)38)30-20(2)42(33(44)46-30)18-29-27(17-39-32(40-29)41-11-4-12-41)26-16-23(9-10-28(26)35)21-5-7-22(8-6-21)31(43)45-3/h9-10,13-17,20-22,30H,4-8,11-12,18H2,1-3H3/t20-,21?,22?,30-/m0/s1. The fourth-order valence-electron chi connectivity index (χ4n) is 6.71. The van der Waals surface area contributed by atoms with Gasteiger partial charge in [-0.05, 0) is 87.3 Å². The van der Waals surface area contributed by atoms with Gasteiger partial charge in [0, 0.05) is 35.4 Å². The summed E-state index contributed by atoms with van der Waals surface area (Å²) in [4.78, 5) is 38.4. The molecule has 3 fully saturated rings. The summed E-state index contributed by atoms with van der Waals surface area (Å²) < 4.78 is 51.4. The van der Waals surface area contributed by atoms with Crippen molar-refractivity contribution in [3.05, 3.63) is 75.6 Å². The molecule has 3 aliphatic rings. The molecule has 244 valence electrons. The third kappa shape index (κ3) is 6.38. The van der Waals surface area contributed by atoms with Crippen molar-refractivity contribution in [2.75, 3.05) is 25.1 Å². The van der Waals surface area contributed by atoms with Crippen molar-refractivity contribution in [2.24, 2.45) is 5.92 Å². The zero-order valence-electron chi connectivity index (χ0n) is 25.9. The highest BCUT2D eigenvalue weighted by atomic mass is 35.5. The average Bonchev–Trinajstić information content (AvgIpc) is 3.28. The molecule has 2 aliphatic heterocycles. The molecule has 6 rings (SSSR count). The maximum Gasteiger partial charge on any atom is 0.416 e. The summed E-state index contributed by atoms with van der Waals surface area (Å²) >= 11 is 6.79. The minimum absolute atomic E-state index is 0.0535. The van der Waals surface area contributed by atoms with E-state index in [1.807, 2.05) is 23.1 Å². The number of ether oxygens (including phenoxy) is 2. The first-order valence-corrected chi connectivity index (χ1v) is 15.9. The number of nitrogens with zero attached hydrogens (tertiary/aromatic N) is 4. The number of alkyl halides is 3. The van der Waals surface area contributed by atoms with Gasteiger partial charge in [0.05, 0.1) is 36.9 Å². The molecule has 0 unspecified atom stereocenters. The van der Waals surface area contributed by atoms with Gasteiger partial charge in [0.1, 0.15) is 6.10 Å². The number of carbonyl (C=O) groups excluding carboxylic acids is 2. The third-order valence-electron chi connectivity index (χ3n) is 9.48. The molecule has 1 amide bonds. The van der Waals surface area contributed by atoms with Gasteiger partial charge in [-0.3, -0.25) is 9.69 Å². The lowest BCUT2D eigenvalue weighted by Gasteiger charge is -2.31. The Bertz CT molecular complexity index is 1640. The zero-order valence-corrected chi connectivity index (χ0v) is 26.7. The van der Waals surface area contributed by atoms with E-state index in [4.69, 9.17) is 26.1 Å². The molecule has 2 saturated heterocycles. The van der Waals surface area contributed by atoms with E-state index in [-0.39, 0.29) is 29.9 Å². The van der Waals surface area contributed by atoms with Crippen LogP contribution in [0.4, 0.5) is 23.9 Å². The number of esters is 1. The van der Waals surface area contributed by atoms with E-state index >= 15 is 0 Å². The summed E-state index contributed by atoms with van der Waals surface area (Å²) in [5.74, 6) is 0.531. The average molecular weight is 657 g/mol. The Hall–Kier alpha value is -3.86. The Labute approximate surface area is 270 Å². The Balaban J connectivity index is 1.31. The summed E-state index contributed by atoms with van der Waals surface area (Å²) in [5, 5.41) is 0.503. The molecule has 46 heavy (non-hydrogen) atoms. The van der Waals surface area contributed by atoms with Gasteiger partial charge in [-0.1, -0.05) is 29.3 Å². The summed E-state index contributed by atoms with van der Waals surface area (Å²) in [6, 6.07) is 9.07. The second-order valence-corrected chi connectivity index (χ2v) is 12.9. The smallest absolute Gasteiger partial charge is 0.416 e. The topological polar surface area (TPSA) is 84.9 Å². The van der Waals surface area contributed by atoms with Crippen molar-refractivity contribution < 1.29 is 32.2 Å². The van der Waals surface area contributed by atoms with Crippen LogP contribution < -0.4 is 4.90 Å². The van der Waals surface area contributed by atoms with E-state index in [2.05, 4.69) is 4.98 Å². The number of methoxy groups -OCH3 is 1. The number of hydrogen-bond acceptors (Lipinski definition) is 7. The highest BCUT2D eigenvalue weighted by molar-refractivity contribution is 6.33. The van der Waals surface area contributed by atoms with Crippen molar-refractivity contribution in [1.82, 2.24) is 14.9 Å². The van der Waals surface area contributed by atoms with E-state index in [9.17, 15) is 22.8 Å². The van der Waals surface area contributed by atoms with Gasteiger partial charge in [-0.25, -0.2) is 14.8 Å². The lowest BCUT2D eigenvalue weighted by molar-refractivity contribution is -0.146. The fourth-order valence-corrected chi connectivity index (χ4v) is 6.93. The maximum absolute atomic E-state index is 13.6. The molecule has 3 heterocycles. The highest BCUT2D eigenvalue weighted by Crippen LogP contribution is 2.42. The second-order valence-electron chi connectivity index (χ2n) is 12.5. The molecule has 0 N–H and O–H groups in total.